The van der Waals surface area contributed by atoms with Crippen LogP contribution in [0.5, 0.6) is 5.75 Å². The minimum Gasteiger partial charge on any atom is -0.497 e. The van der Waals surface area contributed by atoms with Crippen LogP contribution in [0.1, 0.15) is 12.0 Å². The lowest BCUT2D eigenvalue weighted by Gasteiger charge is -2.35. The quantitative estimate of drug-likeness (QED) is 0.743. The molecule has 0 amide bonds. The average molecular weight is 348 g/mol. The monoisotopic (exact) mass is 348 g/mol. The summed E-state index contributed by atoms with van der Waals surface area (Å²) < 4.78 is 15.4. The zero-order valence-corrected chi connectivity index (χ0v) is 14.4. The van der Waals surface area contributed by atoms with Crippen LogP contribution in [0.15, 0.2) is 24.3 Å². The van der Waals surface area contributed by atoms with Crippen molar-refractivity contribution in [1.29, 1.82) is 0 Å². The largest absolute Gasteiger partial charge is 0.497 e. The first kappa shape index (κ1) is 17.7. The van der Waals surface area contributed by atoms with E-state index in [2.05, 4.69) is 0 Å². The van der Waals surface area contributed by atoms with Gasteiger partial charge in [-0.15, -0.1) is 0 Å². The van der Waals surface area contributed by atoms with Gasteiger partial charge in [0.25, 0.3) is 0 Å². The number of carbonyl (C=O) groups excluding carboxylic acids is 2. The van der Waals surface area contributed by atoms with Crippen molar-refractivity contribution in [1.82, 2.24) is 0 Å². The predicted molar refractivity (Wildman–Crippen MR) is 89.3 cm³/mol. The topological polar surface area (TPSA) is 114 Å². The second-order valence-corrected chi connectivity index (χ2v) is 6.75. The molecule has 1 aromatic carbocycles. The Hall–Kier alpha value is -2.12. The third kappa shape index (κ3) is 3.09. The molecule has 0 aromatic heterocycles. The number of hydrogen-bond donors (Lipinski definition) is 2. The van der Waals surface area contributed by atoms with E-state index < -0.39 is 11.8 Å². The Kier molecular flexibility index (Phi) is 4.96. The zero-order chi connectivity index (χ0) is 18.1. The second kappa shape index (κ2) is 7.01. The van der Waals surface area contributed by atoms with E-state index in [0.717, 1.165) is 11.3 Å². The van der Waals surface area contributed by atoms with Gasteiger partial charge < -0.3 is 25.7 Å². The van der Waals surface area contributed by atoms with Crippen molar-refractivity contribution in [3.8, 4) is 5.75 Å². The lowest BCUT2D eigenvalue weighted by Crippen LogP contribution is -2.54. The molecule has 6 atom stereocenters. The molecule has 2 unspecified atom stereocenters. The molecular formula is C18H24N2O5. The first-order valence-corrected chi connectivity index (χ1v) is 8.36. The fourth-order valence-corrected chi connectivity index (χ4v) is 4.28. The predicted octanol–water partition coefficient (Wildman–Crippen LogP) is 0.448. The number of esters is 2. The first-order valence-electron chi connectivity index (χ1n) is 8.36. The van der Waals surface area contributed by atoms with E-state index in [-0.39, 0.29) is 42.5 Å². The van der Waals surface area contributed by atoms with E-state index in [0.29, 0.717) is 6.42 Å². The molecule has 0 aliphatic heterocycles. The Morgan fingerprint density at radius 1 is 1.00 bits per heavy atom. The molecule has 25 heavy (non-hydrogen) atoms. The number of carbonyl (C=O) groups is 2. The molecule has 7 nitrogen and oxygen atoms in total. The molecule has 0 saturated heterocycles. The summed E-state index contributed by atoms with van der Waals surface area (Å²) in [4.78, 5) is 24.6. The highest BCUT2D eigenvalue weighted by atomic mass is 16.5. The van der Waals surface area contributed by atoms with Crippen molar-refractivity contribution in [2.24, 2.45) is 35.1 Å². The summed E-state index contributed by atoms with van der Waals surface area (Å²) in [5.74, 6) is -1.31. The molecular weight excluding hydrogens is 324 g/mol. The van der Waals surface area contributed by atoms with Crippen LogP contribution in [-0.2, 0) is 25.7 Å². The summed E-state index contributed by atoms with van der Waals surface area (Å²) in [7, 11) is 2.92. The van der Waals surface area contributed by atoms with Crippen molar-refractivity contribution < 1.29 is 23.8 Å². The van der Waals surface area contributed by atoms with Gasteiger partial charge in [0, 0.05) is 12.1 Å². The minimum atomic E-state index is -0.521. The van der Waals surface area contributed by atoms with Crippen molar-refractivity contribution in [2.45, 2.75) is 25.1 Å². The van der Waals surface area contributed by atoms with Crippen LogP contribution < -0.4 is 16.2 Å². The Bertz CT molecular complexity index is 647. The van der Waals surface area contributed by atoms with E-state index in [4.69, 9.17) is 25.7 Å². The van der Waals surface area contributed by atoms with Gasteiger partial charge in [-0.2, -0.15) is 0 Å². The van der Waals surface area contributed by atoms with Gasteiger partial charge >= 0.3 is 11.9 Å². The van der Waals surface area contributed by atoms with Crippen LogP contribution in [0, 0.1) is 23.7 Å². The molecule has 0 spiro atoms. The molecule has 4 N–H and O–H groups in total. The second-order valence-electron chi connectivity index (χ2n) is 6.75. The van der Waals surface area contributed by atoms with Crippen LogP contribution >= 0.6 is 0 Å². The Morgan fingerprint density at radius 3 is 2.12 bits per heavy atom. The fourth-order valence-electron chi connectivity index (χ4n) is 4.28. The maximum absolute atomic E-state index is 12.6. The number of benzene rings is 1. The molecule has 1 aromatic rings. The highest BCUT2D eigenvalue weighted by molar-refractivity contribution is 5.79. The van der Waals surface area contributed by atoms with Gasteiger partial charge in [-0.3, -0.25) is 9.59 Å². The van der Waals surface area contributed by atoms with E-state index in [1.165, 1.54) is 7.11 Å². The lowest BCUT2D eigenvalue weighted by molar-refractivity contribution is -0.157. The lowest BCUT2D eigenvalue weighted by atomic mass is 9.75. The van der Waals surface area contributed by atoms with Crippen LogP contribution in [0.25, 0.3) is 0 Å². The van der Waals surface area contributed by atoms with Gasteiger partial charge in [0.05, 0.1) is 26.1 Å². The molecule has 2 bridgehead atoms. The van der Waals surface area contributed by atoms with Crippen LogP contribution in [0.4, 0.5) is 0 Å². The van der Waals surface area contributed by atoms with Gasteiger partial charge in [0.15, 0.2) is 0 Å². The first-order chi connectivity index (χ1) is 12.0. The summed E-state index contributed by atoms with van der Waals surface area (Å²) >= 11 is 0. The van der Waals surface area contributed by atoms with Crippen molar-refractivity contribution in [3.05, 3.63) is 29.8 Å². The molecule has 136 valence electrons. The zero-order valence-electron chi connectivity index (χ0n) is 14.4. The van der Waals surface area contributed by atoms with Crippen LogP contribution in [-0.4, -0.2) is 38.2 Å². The Balaban J connectivity index is 1.66. The number of rotatable bonds is 5. The maximum Gasteiger partial charge on any atom is 0.311 e. The SMILES string of the molecule is COC(=O)[C@H]1C2CC([C@@H](N)[C@@H]2C(=O)OCc2ccc(OC)cc2)[C@H]1N. The Labute approximate surface area is 146 Å². The van der Waals surface area contributed by atoms with Crippen molar-refractivity contribution in [2.75, 3.05) is 14.2 Å². The van der Waals surface area contributed by atoms with E-state index in [1.807, 2.05) is 12.1 Å². The van der Waals surface area contributed by atoms with Crippen molar-refractivity contribution in [3.63, 3.8) is 0 Å². The number of ether oxygens (including phenoxy) is 3. The smallest absolute Gasteiger partial charge is 0.311 e. The molecule has 0 radical (unpaired) electrons. The molecule has 2 saturated carbocycles. The minimum absolute atomic E-state index is 0.0624. The number of hydrogen-bond acceptors (Lipinski definition) is 7. The standard InChI is InChI=1S/C18H24N2O5/c1-23-10-5-3-9(4-6-10)8-25-18(22)14-11-7-12(16(14)20)15(19)13(11)17(21)24-2/h3-6,11-16H,7-8,19-20H2,1-2H3/t11?,12?,13-,14+,15+,16+/m0/s1. The highest BCUT2D eigenvalue weighted by Crippen LogP contribution is 2.51. The van der Waals surface area contributed by atoms with Gasteiger partial charge in [-0.05, 0) is 36.0 Å². The third-order valence-electron chi connectivity index (χ3n) is 5.57. The van der Waals surface area contributed by atoms with E-state index >= 15 is 0 Å². The summed E-state index contributed by atoms with van der Waals surface area (Å²) in [6, 6.07) is 6.53. The molecule has 7 heteroatoms. The number of fused-ring (bicyclic) bond motifs is 2. The molecule has 2 aliphatic carbocycles. The Morgan fingerprint density at radius 2 is 1.60 bits per heavy atom. The summed E-state index contributed by atoms with van der Waals surface area (Å²) in [6.45, 7) is 0.151. The fraction of sp³-hybridized carbons (Fsp3) is 0.556. The van der Waals surface area contributed by atoms with E-state index in [9.17, 15) is 9.59 Å². The molecule has 3 rings (SSSR count). The normalized spacial score (nSPS) is 33.1. The summed E-state index contributed by atoms with van der Waals surface area (Å²) in [5.41, 5.74) is 13.2. The summed E-state index contributed by atoms with van der Waals surface area (Å²) in [5, 5.41) is 0. The highest BCUT2D eigenvalue weighted by Gasteiger charge is 2.61. The van der Waals surface area contributed by atoms with Gasteiger partial charge in [0.1, 0.15) is 12.4 Å². The van der Waals surface area contributed by atoms with Gasteiger partial charge in [-0.25, -0.2) is 0 Å². The third-order valence-corrected chi connectivity index (χ3v) is 5.57. The molecule has 2 fully saturated rings. The molecule has 2 aliphatic rings. The van der Waals surface area contributed by atoms with Gasteiger partial charge in [0.2, 0.25) is 0 Å². The number of nitrogens with two attached hydrogens (primary N) is 2. The van der Waals surface area contributed by atoms with Crippen molar-refractivity contribution >= 4 is 11.9 Å². The van der Waals surface area contributed by atoms with Gasteiger partial charge in [-0.1, -0.05) is 12.1 Å². The van der Waals surface area contributed by atoms with Crippen LogP contribution in [0.3, 0.4) is 0 Å². The molecule has 0 heterocycles. The maximum atomic E-state index is 12.6. The van der Waals surface area contributed by atoms with E-state index in [1.54, 1.807) is 19.2 Å². The summed E-state index contributed by atoms with van der Waals surface area (Å²) in [6.07, 6.45) is 0.657. The number of methoxy groups -OCH3 is 2. The average Bonchev–Trinajstić information content (AvgIpc) is 3.13. The van der Waals surface area contributed by atoms with Crippen LogP contribution in [0.2, 0.25) is 0 Å².